The van der Waals surface area contributed by atoms with Gasteiger partial charge < -0.3 is 20.3 Å². The fraction of sp³-hybridized carbons (Fsp3) is 0.286. The summed E-state index contributed by atoms with van der Waals surface area (Å²) in [5.74, 6) is -1.32. The molecule has 3 N–H and O–H groups in total. The van der Waals surface area contributed by atoms with E-state index in [2.05, 4.69) is 21.2 Å². The molecule has 0 heterocycles. The van der Waals surface area contributed by atoms with Crippen LogP contribution in [0.3, 0.4) is 0 Å². The molecule has 0 aromatic heterocycles. The van der Waals surface area contributed by atoms with Gasteiger partial charge in [-0.25, -0.2) is 4.79 Å². The van der Waals surface area contributed by atoms with E-state index in [0.29, 0.717) is 11.3 Å². The highest BCUT2D eigenvalue weighted by Gasteiger charge is 2.29. The second kappa shape index (κ2) is 7.24. The third-order valence-corrected chi connectivity index (χ3v) is 3.17. The van der Waals surface area contributed by atoms with Crippen LogP contribution >= 0.6 is 15.9 Å². The highest BCUT2D eigenvalue weighted by molar-refractivity contribution is 9.10. The quantitative estimate of drug-likeness (QED) is 0.669. The van der Waals surface area contributed by atoms with Crippen molar-refractivity contribution in [2.45, 2.75) is 12.5 Å². The SMILES string of the molecule is COc1ccc(Br)cc1C=CC(=O)NCC(C)(O)C(=O)O. The molecule has 114 valence electrons. The van der Waals surface area contributed by atoms with Gasteiger partial charge in [0.05, 0.1) is 13.7 Å². The molecule has 0 aliphatic rings. The molecule has 0 aliphatic carbocycles. The number of aliphatic hydroxyl groups is 1. The molecule has 21 heavy (non-hydrogen) atoms. The van der Waals surface area contributed by atoms with Gasteiger partial charge in [0, 0.05) is 16.1 Å². The number of nitrogens with one attached hydrogen (secondary N) is 1. The number of amides is 1. The zero-order chi connectivity index (χ0) is 16.0. The lowest BCUT2D eigenvalue weighted by Crippen LogP contribution is -2.46. The Balaban J connectivity index is 2.71. The van der Waals surface area contributed by atoms with E-state index in [1.165, 1.54) is 19.3 Å². The van der Waals surface area contributed by atoms with Crippen molar-refractivity contribution in [3.05, 3.63) is 34.3 Å². The largest absolute Gasteiger partial charge is 0.496 e. The van der Waals surface area contributed by atoms with Crippen molar-refractivity contribution in [2.75, 3.05) is 13.7 Å². The van der Waals surface area contributed by atoms with Crippen LogP contribution in [0.4, 0.5) is 0 Å². The van der Waals surface area contributed by atoms with Crippen molar-refractivity contribution in [1.29, 1.82) is 0 Å². The number of carboxylic acids is 1. The van der Waals surface area contributed by atoms with Crippen molar-refractivity contribution in [3.8, 4) is 5.75 Å². The molecule has 0 spiro atoms. The standard InChI is InChI=1S/C14H16BrNO5/c1-14(20,13(18)19)8-16-12(17)6-3-9-7-10(15)4-5-11(9)21-2/h3-7,20H,8H2,1-2H3,(H,16,17)(H,18,19). The summed E-state index contributed by atoms with van der Waals surface area (Å²) < 4.78 is 5.99. The Hall–Kier alpha value is -1.86. The number of carbonyl (C=O) groups is 2. The molecule has 6 nitrogen and oxygen atoms in total. The van der Waals surface area contributed by atoms with Crippen LogP contribution < -0.4 is 10.1 Å². The van der Waals surface area contributed by atoms with Crippen LogP contribution in [0.15, 0.2) is 28.7 Å². The number of carbonyl (C=O) groups excluding carboxylic acids is 1. The molecule has 1 atom stereocenters. The molecule has 0 radical (unpaired) electrons. The number of benzene rings is 1. The molecule has 0 bridgehead atoms. The Morgan fingerprint density at radius 1 is 1.48 bits per heavy atom. The Morgan fingerprint density at radius 2 is 2.14 bits per heavy atom. The predicted molar refractivity (Wildman–Crippen MR) is 81.0 cm³/mol. The third-order valence-electron chi connectivity index (χ3n) is 2.67. The Labute approximate surface area is 130 Å². The van der Waals surface area contributed by atoms with Crippen molar-refractivity contribution >= 4 is 33.9 Å². The first kappa shape index (κ1) is 17.2. The summed E-state index contributed by atoms with van der Waals surface area (Å²) in [6, 6.07) is 5.33. The van der Waals surface area contributed by atoms with Gasteiger partial charge in [-0.15, -0.1) is 0 Å². The fourth-order valence-electron chi connectivity index (χ4n) is 1.39. The minimum atomic E-state index is -2.00. The maximum absolute atomic E-state index is 11.6. The summed E-state index contributed by atoms with van der Waals surface area (Å²) in [4.78, 5) is 22.3. The van der Waals surface area contributed by atoms with Crippen molar-refractivity contribution < 1.29 is 24.5 Å². The molecule has 1 unspecified atom stereocenters. The Bertz CT molecular complexity index is 568. The van der Waals surface area contributed by atoms with Crippen LogP contribution in [-0.4, -0.2) is 41.3 Å². The molecule has 0 aliphatic heterocycles. The summed E-state index contributed by atoms with van der Waals surface area (Å²) in [6.07, 6.45) is 2.77. The third kappa shape index (κ3) is 5.20. The van der Waals surface area contributed by atoms with Gasteiger partial charge in [0.2, 0.25) is 5.91 Å². The van der Waals surface area contributed by atoms with Gasteiger partial charge in [-0.2, -0.15) is 0 Å². The number of methoxy groups -OCH3 is 1. The van der Waals surface area contributed by atoms with Crippen LogP contribution in [-0.2, 0) is 9.59 Å². The van der Waals surface area contributed by atoms with Gasteiger partial charge in [0.15, 0.2) is 5.60 Å². The van der Waals surface area contributed by atoms with Gasteiger partial charge in [0.1, 0.15) is 5.75 Å². The summed E-state index contributed by atoms with van der Waals surface area (Å²) in [6.45, 7) is 0.720. The van der Waals surface area contributed by atoms with E-state index in [1.54, 1.807) is 18.2 Å². The Kier molecular flexibility index (Phi) is 5.92. The minimum Gasteiger partial charge on any atom is -0.496 e. The second-order valence-electron chi connectivity index (χ2n) is 4.52. The monoisotopic (exact) mass is 357 g/mol. The van der Waals surface area contributed by atoms with Gasteiger partial charge in [-0.3, -0.25) is 4.79 Å². The zero-order valence-electron chi connectivity index (χ0n) is 11.6. The van der Waals surface area contributed by atoms with Gasteiger partial charge in [-0.05, 0) is 31.2 Å². The Morgan fingerprint density at radius 3 is 2.71 bits per heavy atom. The summed E-state index contributed by atoms with van der Waals surface area (Å²) >= 11 is 3.32. The number of halogens is 1. The summed E-state index contributed by atoms with van der Waals surface area (Å²) in [5, 5.41) is 20.5. The first-order valence-corrected chi connectivity index (χ1v) is 6.81. The van der Waals surface area contributed by atoms with E-state index >= 15 is 0 Å². The van der Waals surface area contributed by atoms with E-state index in [-0.39, 0.29) is 6.54 Å². The molecule has 1 rings (SSSR count). The highest BCUT2D eigenvalue weighted by atomic mass is 79.9. The lowest BCUT2D eigenvalue weighted by atomic mass is 10.1. The van der Waals surface area contributed by atoms with Crippen LogP contribution in [0.5, 0.6) is 5.75 Å². The lowest BCUT2D eigenvalue weighted by molar-refractivity contribution is -0.156. The lowest BCUT2D eigenvalue weighted by Gasteiger charge is -2.17. The van der Waals surface area contributed by atoms with E-state index in [4.69, 9.17) is 9.84 Å². The van der Waals surface area contributed by atoms with Crippen molar-refractivity contribution in [3.63, 3.8) is 0 Å². The van der Waals surface area contributed by atoms with E-state index in [9.17, 15) is 14.7 Å². The topological polar surface area (TPSA) is 95.9 Å². The average molecular weight is 358 g/mol. The van der Waals surface area contributed by atoms with E-state index in [1.807, 2.05) is 0 Å². The van der Waals surface area contributed by atoms with Crippen molar-refractivity contribution in [1.82, 2.24) is 5.32 Å². The summed E-state index contributed by atoms with van der Waals surface area (Å²) in [7, 11) is 1.52. The van der Waals surface area contributed by atoms with Crippen LogP contribution in [0.25, 0.3) is 6.08 Å². The van der Waals surface area contributed by atoms with Gasteiger partial charge in [-0.1, -0.05) is 15.9 Å². The molecular weight excluding hydrogens is 342 g/mol. The smallest absolute Gasteiger partial charge is 0.337 e. The normalized spacial score (nSPS) is 13.7. The zero-order valence-corrected chi connectivity index (χ0v) is 13.2. The number of carboxylic acid groups (broad SMARTS) is 1. The number of aliphatic carboxylic acids is 1. The molecular formula is C14H16BrNO5. The predicted octanol–water partition coefficient (Wildman–Crippen LogP) is 1.42. The average Bonchev–Trinajstić information content (AvgIpc) is 2.43. The fourth-order valence-corrected chi connectivity index (χ4v) is 1.77. The minimum absolute atomic E-state index is 0.388. The first-order chi connectivity index (χ1) is 9.76. The van der Waals surface area contributed by atoms with E-state index in [0.717, 1.165) is 11.4 Å². The molecule has 7 heteroatoms. The van der Waals surface area contributed by atoms with E-state index < -0.39 is 17.5 Å². The van der Waals surface area contributed by atoms with Gasteiger partial charge >= 0.3 is 5.97 Å². The van der Waals surface area contributed by atoms with Crippen LogP contribution in [0.2, 0.25) is 0 Å². The molecule has 1 aromatic rings. The van der Waals surface area contributed by atoms with Crippen LogP contribution in [0, 0.1) is 0 Å². The highest BCUT2D eigenvalue weighted by Crippen LogP contribution is 2.23. The maximum atomic E-state index is 11.6. The number of rotatable bonds is 6. The maximum Gasteiger partial charge on any atom is 0.337 e. The number of hydrogen-bond donors (Lipinski definition) is 3. The first-order valence-electron chi connectivity index (χ1n) is 6.01. The molecule has 0 saturated heterocycles. The van der Waals surface area contributed by atoms with Crippen LogP contribution in [0.1, 0.15) is 12.5 Å². The summed E-state index contributed by atoms with van der Waals surface area (Å²) in [5.41, 5.74) is -1.32. The van der Waals surface area contributed by atoms with Gasteiger partial charge in [0.25, 0.3) is 0 Å². The molecule has 1 aromatic carbocycles. The van der Waals surface area contributed by atoms with Crippen molar-refractivity contribution in [2.24, 2.45) is 0 Å². The second-order valence-corrected chi connectivity index (χ2v) is 5.43. The number of ether oxygens (including phenoxy) is 1. The number of hydrogen-bond acceptors (Lipinski definition) is 4. The molecule has 1 amide bonds. The molecule has 0 fully saturated rings. The molecule has 0 saturated carbocycles.